The molecule has 1 aliphatic carbocycles. The lowest BCUT2D eigenvalue weighted by atomic mass is 9.85. The number of methoxy groups -OCH3 is 1. The second-order valence-corrected chi connectivity index (χ2v) is 6.58. The molecule has 2 aliphatic rings. The Morgan fingerprint density at radius 2 is 2.10 bits per heavy atom. The first kappa shape index (κ1) is 16.7. The van der Waals surface area contributed by atoms with Crippen molar-refractivity contribution in [2.45, 2.75) is 57.3 Å². The van der Waals surface area contributed by atoms with Crippen LogP contribution in [0.5, 0.6) is 0 Å². The molecule has 122 valence electrons. The van der Waals surface area contributed by atoms with Crippen LogP contribution in [0.15, 0.2) is 0 Å². The van der Waals surface area contributed by atoms with Gasteiger partial charge in [-0.25, -0.2) is 8.78 Å². The number of hydrogen-bond acceptors (Lipinski definition) is 2. The van der Waals surface area contributed by atoms with Crippen molar-refractivity contribution >= 4 is 5.91 Å². The van der Waals surface area contributed by atoms with E-state index < -0.39 is 11.8 Å². The summed E-state index contributed by atoms with van der Waals surface area (Å²) in [7, 11) is 1.68. The minimum absolute atomic E-state index is 0.0429. The molecule has 2 rings (SSSR count). The number of alkyl halides is 2. The van der Waals surface area contributed by atoms with Crippen molar-refractivity contribution in [2.75, 3.05) is 26.8 Å². The first-order chi connectivity index (χ1) is 10.0. The number of hydrogen-bond donors (Lipinski definition) is 0. The Hall–Kier alpha value is -0.710. The van der Waals surface area contributed by atoms with Crippen LogP contribution in [0.3, 0.4) is 0 Å². The highest BCUT2D eigenvalue weighted by atomic mass is 19.3. The molecule has 1 amide bonds. The largest absolute Gasteiger partial charge is 0.385 e. The van der Waals surface area contributed by atoms with E-state index in [1.165, 1.54) is 0 Å². The Kier molecular flexibility index (Phi) is 5.97. The quantitative estimate of drug-likeness (QED) is 0.796. The van der Waals surface area contributed by atoms with Crippen molar-refractivity contribution in [1.82, 2.24) is 4.90 Å². The van der Waals surface area contributed by atoms with Gasteiger partial charge in [0, 0.05) is 45.6 Å². The zero-order valence-corrected chi connectivity index (χ0v) is 13.0. The van der Waals surface area contributed by atoms with E-state index >= 15 is 0 Å². The number of halogens is 2. The number of likely N-dealkylation sites (tertiary alicyclic amines) is 1. The lowest BCUT2D eigenvalue weighted by Crippen LogP contribution is -2.42. The van der Waals surface area contributed by atoms with Gasteiger partial charge in [-0.15, -0.1) is 0 Å². The summed E-state index contributed by atoms with van der Waals surface area (Å²) in [5, 5.41) is 0. The zero-order chi connectivity index (χ0) is 15.3. The number of amides is 1. The molecule has 1 heterocycles. The fraction of sp³-hybridized carbons (Fsp3) is 0.938. The lowest BCUT2D eigenvalue weighted by molar-refractivity contribution is -0.143. The summed E-state index contributed by atoms with van der Waals surface area (Å²) in [6.45, 7) is 2.14. The monoisotopic (exact) mass is 303 g/mol. The molecule has 0 spiro atoms. The summed E-state index contributed by atoms with van der Waals surface area (Å²) in [6, 6.07) is 0. The van der Waals surface area contributed by atoms with E-state index in [1.54, 1.807) is 7.11 Å². The topological polar surface area (TPSA) is 29.5 Å². The van der Waals surface area contributed by atoms with Crippen LogP contribution in [0.4, 0.5) is 8.78 Å². The van der Waals surface area contributed by atoms with Gasteiger partial charge in [-0.2, -0.15) is 0 Å². The molecule has 1 aliphatic heterocycles. The number of nitrogens with zero attached hydrogens (tertiary/aromatic N) is 1. The summed E-state index contributed by atoms with van der Waals surface area (Å²) in [5.41, 5.74) is 0. The SMILES string of the molecule is COCC[C@@H]1CCCCN(C(=O)[C@@H]2CCCC(F)(F)C2)C1. The molecule has 21 heavy (non-hydrogen) atoms. The number of ether oxygens (including phenoxy) is 1. The molecule has 0 aromatic rings. The van der Waals surface area contributed by atoms with Crippen LogP contribution in [0.25, 0.3) is 0 Å². The molecule has 1 saturated heterocycles. The van der Waals surface area contributed by atoms with E-state index in [2.05, 4.69) is 0 Å². The highest BCUT2D eigenvalue weighted by Crippen LogP contribution is 2.37. The van der Waals surface area contributed by atoms with Crippen molar-refractivity contribution in [3.8, 4) is 0 Å². The predicted molar refractivity (Wildman–Crippen MR) is 77.3 cm³/mol. The van der Waals surface area contributed by atoms with Gasteiger partial charge in [0.1, 0.15) is 0 Å². The number of carbonyl (C=O) groups excluding carboxylic acids is 1. The van der Waals surface area contributed by atoms with Crippen LogP contribution in [0.2, 0.25) is 0 Å². The summed E-state index contributed by atoms with van der Waals surface area (Å²) in [4.78, 5) is 14.4. The van der Waals surface area contributed by atoms with Gasteiger partial charge in [0.15, 0.2) is 0 Å². The van der Waals surface area contributed by atoms with Gasteiger partial charge in [0.05, 0.1) is 0 Å². The van der Waals surface area contributed by atoms with Gasteiger partial charge in [0.25, 0.3) is 0 Å². The van der Waals surface area contributed by atoms with E-state index in [-0.39, 0.29) is 18.7 Å². The van der Waals surface area contributed by atoms with Gasteiger partial charge in [0.2, 0.25) is 11.8 Å². The molecule has 0 radical (unpaired) electrons. The van der Waals surface area contributed by atoms with Gasteiger partial charge < -0.3 is 9.64 Å². The molecule has 0 N–H and O–H groups in total. The van der Waals surface area contributed by atoms with Gasteiger partial charge in [-0.1, -0.05) is 6.42 Å². The third-order valence-corrected chi connectivity index (χ3v) is 4.80. The van der Waals surface area contributed by atoms with Crippen molar-refractivity contribution in [1.29, 1.82) is 0 Å². The molecule has 3 nitrogen and oxygen atoms in total. The highest BCUT2D eigenvalue weighted by Gasteiger charge is 2.40. The second-order valence-electron chi connectivity index (χ2n) is 6.58. The van der Waals surface area contributed by atoms with Gasteiger partial charge in [-0.3, -0.25) is 4.79 Å². The summed E-state index contributed by atoms with van der Waals surface area (Å²) in [5.74, 6) is -2.73. The van der Waals surface area contributed by atoms with E-state index in [1.807, 2.05) is 4.90 Å². The standard InChI is InChI=1S/C16H27F2NO2/c1-21-10-7-13-5-2-3-9-19(12-13)15(20)14-6-4-8-16(17,18)11-14/h13-14H,2-12H2,1H3/t13-,14+/m0/s1. The maximum Gasteiger partial charge on any atom is 0.248 e. The third-order valence-electron chi connectivity index (χ3n) is 4.80. The van der Waals surface area contributed by atoms with E-state index in [9.17, 15) is 13.6 Å². The molecular formula is C16H27F2NO2. The van der Waals surface area contributed by atoms with E-state index in [4.69, 9.17) is 4.74 Å². The fourth-order valence-electron chi connectivity index (χ4n) is 3.59. The molecule has 2 atom stereocenters. The number of rotatable bonds is 4. The average Bonchev–Trinajstić information content (AvgIpc) is 2.68. The van der Waals surface area contributed by atoms with Crippen molar-refractivity contribution < 1.29 is 18.3 Å². The van der Waals surface area contributed by atoms with Crippen LogP contribution in [0, 0.1) is 11.8 Å². The Morgan fingerprint density at radius 3 is 2.81 bits per heavy atom. The van der Waals surface area contributed by atoms with E-state index in [0.29, 0.717) is 31.9 Å². The highest BCUT2D eigenvalue weighted by molar-refractivity contribution is 5.79. The van der Waals surface area contributed by atoms with Crippen molar-refractivity contribution in [2.24, 2.45) is 11.8 Å². The summed E-state index contributed by atoms with van der Waals surface area (Å²) >= 11 is 0. The van der Waals surface area contributed by atoms with Crippen LogP contribution < -0.4 is 0 Å². The molecular weight excluding hydrogens is 276 g/mol. The molecule has 0 aromatic carbocycles. The zero-order valence-electron chi connectivity index (χ0n) is 13.0. The first-order valence-corrected chi connectivity index (χ1v) is 8.17. The normalized spacial score (nSPS) is 30.0. The second kappa shape index (κ2) is 7.52. The molecule has 1 saturated carbocycles. The van der Waals surface area contributed by atoms with Crippen molar-refractivity contribution in [3.05, 3.63) is 0 Å². The van der Waals surface area contributed by atoms with Crippen LogP contribution >= 0.6 is 0 Å². The summed E-state index contributed by atoms with van der Waals surface area (Å²) in [6.07, 6.45) is 4.91. The minimum atomic E-state index is -2.65. The summed E-state index contributed by atoms with van der Waals surface area (Å²) < 4.78 is 32.2. The smallest absolute Gasteiger partial charge is 0.248 e. The Labute approximate surface area is 126 Å². The van der Waals surface area contributed by atoms with Crippen molar-refractivity contribution in [3.63, 3.8) is 0 Å². The van der Waals surface area contributed by atoms with Gasteiger partial charge >= 0.3 is 0 Å². The lowest BCUT2D eigenvalue weighted by Gasteiger charge is -2.33. The van der Waals surface area contributed by atoms with Crippen LogP contribution in [-0.4, -0.2) is 43.5 Å². The molecule has 0 bridgehead atoms. The molecule has 5 heteroatoms. The Bertz CT molecular complexity index is 349. The predicted octanol–water partition coefficient (Wildman–Crippen LogP) is 3.48. The van der Waals surface area contributed by atoms with E-state index in [0.717, 1.165) is 32.2 Å². The van der Waals surface area contributed by atoms with Gasteiger partial charge in [-0.05, 0) is 38.0 Å². The minimum Gasteiger partial charge on any atom is -0.385 e. The van der Waals surface area contributed by atoms with Crippen LogP contribution in [0.1, 0.15) is 51.4 Å². The Balaban J connectivity index is 1.93. The van der Waals surface area contributed by atoms with Crippen LogP contribution in [-0.2, 0) is 9.53 Å². The maximum atomic E-state index is 13.5. The molecule has 0 aromatic heterocycles. The number of carbonyl (C=O) groups is 1. The molecule has 2 fully saturated rings. The average molecular weight is 303 g/mol. The maximum absolute atomic E-state index is 13.5. The fourth-order valence-corrected chi connectivity index (χ4v) is 3.59. The first-order valence-electron chi connectivity index (χ1n) is 8.17. The Morgan fingerprint density at radius 1 is 1.29 bits per heavy atom. The third kappa shape index (κ3) is 4.90. The molecule has 0 unspecified atom stereocenters.